The zero-order valence-electron chi connectivity index (χ0n) is 12.0. The van der Waals surface area contributed by atoms with Crippen LogP contribution in [-0.2, 0) is 0 Å². The van der Waals surface area contributed by atoms with Crippen molar-refractivity contribution in [1.82, 2.24) is 9.80 Å². The highest BCUT2D eigenvalue weighted by Gasteiger charge is 2.35. The predicted molar refractivity (Wildman–Crippen MR) is 84.8 cm³/mol. The first-order chi connectivity index (χ1) is 10.6. The number of halogens is 1. The number of terminal acetylenes is 1. The van der Waals surface area contributed by atoms with Gasteiger partial charge in [0.2, 0.25) is 11.6 Å². The molecule has 0 radical (unpaired) electrons. The highest BCUT2D eigenvalue weighted by molar-refractivity contribution is 6.49. The number of rotatable bonds is 2. The minimum absolute atomic E-state index is 0.0223. The summed E-state index contributed by atoms with van der Waals surface area (Å²) in [6.45, 7) is 3.36. The first-order valence-corrected chi connectivity index (χ1v) is 7.50. The fraction of sp³-hybridized carbons (Fsp3) is 0.294. The van der Waals surface area contributed by atoms with Crippen LogP contribution in [0.15, 0.2) is 35.0 Å². The molecule has 3 rings (SSSR count). The average molecular weight is 315 g/mol. The Morgan fingerprint density at radius 3 is 2.23 bits per heavy atom. The fourth-order valence-corrected chi connectivity index (χ4v) is 3.18. The van der Waals surface area contributed by atoms with Crippen molar-refractivity contribution < 1.29 is 9.59 Å². The van der Waals surface area contributed by atoms with Gasteiger partial charge in [-0.05, 0) is 0 Å². The number of piperazine rings is 1. The van der Waals surface area contributed by atoms with Gasteiger partial charge in [-0.2, -0.15) is 0 Å². The lowest BCUT2D eigenvalue weighted by Gasteiger charge is -2.37. The van der Waals surface area contributed by atoms with Crippen molar-refractivity contribution in [3.63, 3.8) is 0 Å². The van der Waals surface area contributed by atoms with E-state index in [1.165, 1.54) is 0 Å². The highest BCUT2D eigenvalue weighted by Crippen LogP contribution is 2.30. The Labute approximate surface area is 134 Å². The lowest BCUT2D eigenvalue weighted by Crippen LogP contribution is -2.48. The number of carbonyl (C=O) groups is 2. The van der Waals surface area contributed by atoms with E-state index in [9.17, 15) is 9.59 Å². The van der Waals surface area contributed by atoms with E-state index in [0.29, 0.717) is 36.5 Å². The van der Waals surface area contributed by atoms with Gasteiger partial charge >= 0.3 is 0 Å². The van der Waals surface area contributed by atoms with Gasteiger partial charge in [-0.25, -0.2) is 0 Å². The molecule has 22 heavy (non-hydrogen) atoms. The summed E-state index contributed by atoms with van der Waals surface area (Å²) in [5.74, 6) is 2.16. The fourth-order valence-electron chi connectivity index (χ4n) is 2.87. The quantitative estimate of drug-likeness (QED) is 0.780. The van der Waals surface area contributed by atoms with Crippen LogP contribution in [-0.4, -0.2) is 54.1 Å². The molecule has 0 atom stereocenters. The maximum Gasteiger partial charge on any atom is 0.211 e. The standard InChI is InChI=1S/C17H15ClN2O2/c1-2-7-19-8-10-20(11-9-19)15-14(18)16(21)12-5-3-4-6-13(12)17(15)22/h1,3-6H,7-11H2. The van der Waals surface area contributed by atoms with E-state index in [1.54, 1.807) is 24.3 Å². The topological polar surface area (TPSA) is 40.6 Å². The second kappa shape index (κ2) is 5.96. The summed E-state index contributed by atoms with van der Waals surface area (Å²) in [4.78, 5) is 29.1. The van der Waals surface area contributed by atoms with Crippen molar-refractivity contribution >= 4 is 23.2 Å². The molecule has 2 aliphatic rings. The molecule has 112 valence electrons. The number of fused-ring (bicyclic) bond motifs is 1. The maximum absolute atomic E-state index is 12.7. The number of carbonyl (C=O) groups excluding carboxylic acids is 2. The molecule has 0 saturated carbocycles. The van der Waals surface area contributed by atoms with Gasteiger partial charge in [0.05, 0.1) is 6.54 Å². The largest absolute Gasteiger partial charge is 0.364 e. The number of allylic oxidation sites excluding steroid dienone is 2. The molecule has 1 aliphatic heterocycles. The monoisotopic (exact) mass is 314 g/mol. The van der Waals surface area contributed by atoms with E-state index in [1.807, 2.05) is 4.90 Å². The lowest BCUT2D eigenvalue weighted by atomic mass is 9.91. The Balaban J connectivity index is 1.89. The zero-order valence-corrected chi connectivity index (χ0v) is 12.8. The van der Waals surface area contributed by atoms with Gasteiger partial charge in [-0.15, -0.1) is 6.42 Å². The van der Waals surface area contributed by atoms with Gasteiger partial charge < -0.3 is 4.90 Å². The van der Waals surface area contributed by atoms with E-state index < -0.39 is 0 Å². The van der Waals surface area contributed by atoms with Crippen molar-refractivity contribution in [3.05, 3.63) is 46.1 Å². The van der Waals surface area contributed by atoms with Crippen molar-refractivity contribution in [3.8, 4) is 12.3 Å². The number of hydrogen-bond acceptors (Lipinski definition) is 4. The van der Waals surface area contributed by atoms with Gasteiger partial charge in [0.15, 0.2) is 0 Å². The second-order valence-corrected chi connectivity index (χ2v) is 5.71. The van der Waals surface area contributed by atoms with E-state index >= 15 is 0 Å². The van der Waals surface area contributed by atoms with Crippen molar-refractivity contribution in [2.24, 2.45) is 0 Å². The van der Waals surface area contributed by atoms with Crippen LogP contribution in [0.3, 0.4) is 0 Å². The molecule has 4 nitrogen and oxygen atoms in total. The van der Waals surface area contributed by atoms with Crippen molar-refractivity contribution in [1.29, 1.82) is 0 Å². The van der Waals surface area contributed by atoms with Crippen molar-refractivity contribution in [2.75, 3.05) is 32.7 Å². The van der Waals surface area contributed by atoms with Crippen LogP contribution in [0.2, 0.25) is 0 Å². The van der Waals surface area contributed by atoms with Crippen LogP contribution in [0.1, 0.15) is 20.7 Å². The number of benzene rings is 1. The first-order valence-electron chi connectivity index (χ1n) is 7.12. The first kappa shape index (κ1) is 14.8. The normalized spacial score (nSPS) is 19.2. The summed E-state index contributed by atoms with van der Waals surface area (Å²) in [5, 5.41) is 0.0223. The van der Waals surface area contributed by atoms with Crippen LogP contribution < -0.4 is 0 Å². The molecule has 0 unspecified atom stereocenters. The summed E-state index contributed by atoms with van der Waals surface area (Å²) in [5.41, 5.74) is 1.14. The molecular formula is C17H15ClN2O2. The molecule has 0 bridgehead atoms. The third-order valence-corrected chi connectivity index (χ3v) is 4.39. The van der Waals surface area contributed by atoms with Gasteiger partial charge in [-0.3, -0.25) is 14.5 Å². The molecule has 0 aromatic heterocycles. The minimum Gasteiger partial charge on any atom is -0.364 e. The molecule has 5 heteroatoms. The number of hydrogen-bond donors (Lipinski definition) is 0. The molecule has 1 aromatic rings. The van der Waals surface area contributed by atoms with Crippen LogP contribution in [0.25, 0.3) is 0 Å². The predicted octanol–water partition coefficient (Wildman–Crippen LogP) is 1.77. The van der Waals surface area contributed by atoms with E-state index in [-0.39, 0.29) is 16.6 Å². The molecule has 0 N–H and O–H groups in total. The van der Waals surface area contributed by atoms with Gasteiger partial charge in [-0.1, -0.05) is 41.8 Å². The SMILES string of the molecule is C#CCN1CCN(C2=C(Cl)C(=O)c3ccccc3C2=O)CC1. The van der Waals surface area contributed by atoms with Crippen molar-refractivity contribution in [2.45, 2.75) is 0 Å². The Morgan fingerprint density at radius 1 is 1.05 bits per heavy atom. The Hall–Kier alpha value is -2.09. The number of ketones is 2. The van der Waals surface area contributed by atoms with Gasteiger partial charge in [0.25, 0.3) is 0 Å². The Morgan fingerprint density at radius 2 is 1.64 bits per heavy atom. The molecule has 0 spiro atoms. The summed E-state index contributed by atoms with van der Waals surface area (Å²) in [7, 11) is 0. The summed E-state index contributed by atoms with van der Waals surface area (Å²) < 4.78 is 0. The molecule has 1 aromatic carbocycles. The maximum atomic E-state index is 12.7. The van der Waals surface area contributed by atoms with Crippen LogP contribution in [0, 0.1) is 12.3 Å². The highest BCUT2D eigenvalue weighted by atomic mass is 35.5. The molecular weight excluding hydrogens is 300 g/mol. The van der Waals surface area contributed by atoms with Gasteiger partial charge in [0.1, 0.15) is 10.7 Å². The summed E-state index contributed by atoms with van der Waals surface area (Å²) in [6, 6.07) is 6.80. The molecule has 1 fully saturated rings. The number of nitrogens with zero attached hydrogens (tertiary/aromatic N) is 2. The van der Waals surface area contributed by atoms with Crippen LogP contribution in [0.5, 0.6) is 0 Å². The van der Waals surface area contributed by atoms with Gasteiger partial charge in [0, 0.05) is 37.3 Å². The average Bonchev–Trinajstić information content (AvgIpc) is 2.55. The zero-order chi connectivity index (χ0) is 15.7. The summed E-state index contributed by atoms with van der Waals surface area (Å²) in [6.07, 6.45) is 5.32. The molecule has 1 saturated heterocycles. The smallest absolute Gasteiger partial charge is 0.211 e. The Kier molecular flexibility index (Phi) is 4.02. The molecule has 0 amide bonds. The van der Waals surface area contributed by atoms with E-state index in [4.69, 9.17) is 18.0 Å². The van der Waals surface area contributed by atoms with Crippen LogP contribution in [0.4, 0.5) is 0 Å². The summed E-state index contributed by atoms with van der Waals surface area (Å²) >= 11 is 6.21. The second-order valence-electron chi connectivity index (χ2n) is 5.33. The third kappa shape index (κ3) is 2.43. The van der Waals surface area contributed by atoms with E-state index in [0.717, 1.165) is 13.1 Å². The molecule has 1 aliphatic carbocycles. The van der Waals surface area contributed by atoms with Crippen LogP contribution >= 0.6 is 11.6 Å². The third-order valence-electron chi connectivity index (χ3n) is 4.04. The Bertz CT molecular complexity index is 710. The molecule has 1 heterocycles. The minimum atomic E-state index is -0.280. The van der Waals surface area contributed by atoms with E-state index in [2.05, 4.69) is 10.8 Å². The number of Topliss-reactive ketones (excluding diaryl/α,β-unsaturated/α-hetero) is 2. The lowest BCUT2D eigenvalue weighted by molar-refractivity contribution is 0.0918.